The zero-order valence-corrected chi connectivity index (χ0v) is 10.0. The van der Waals surface area contributed by atoms with E-state index in [0.29, 0.717) is 17.2 Å². The molecular weight excluding hydrogens is 234 g/mol. The Labute approximate surface area is 103 Å². The number of carbonyl (C=O) groups is 2. The van der Waals surface area contributed by atoms with Crippen LogP contribution in [-0.4, -0.2) is 25.9 Å². The molecule has 94 valence electrons. The van der Waals surface area contributed by atoms with Gasteiger partial charge in [0.15, 0.2) is 5.82 Å². The van der Waals surface area contributed by atoms with Crippen molar-refractivity contribution in [1.82, 2.24) is 14.1 Å². The number of nitrogens with two attached hydrogens (primary N) is 1. The molecule has 2 amide bonds. The van der Waals surface area contributed by atoms with Crippen molar-refractivity contribution in [3.05, 3.63) is 36.2 Å². The second kappa shape index (κ2) is 4.36. The molecule has 18 heavy (non-hydrogen) atoms. The molecule has 2 aromatic rings. The van der Waals surface area contributed by atoms with E-state index in [9.17, 15) is 9.59 Å². The van der Waals surface area contributed by atoms with Gasteiger partial charge in [0, 0.05) is 32.7 Å². The normalized spacial score (nSPS) is 10.3. The summed E-state index contributed by atoms with van der Waals surface area (Å²) in [4.78, 5) is 26.9. The van der Waals surface area contributed by atoms with Crippen LogP contribution in [0.5, 0.6) is 0 Å². The first-order valence-corrected chi connectivity index (χ1v) is 5.24. The van der Waals surface area contributed by atoms with Crippen LogP contribution < -0.4 is 11.1 Å². The molecule has 0 atom stereocenters. The second-order valence-corrected chi connectivity index (χ2v) is 3.91. The molecule has 0 spiro atoms. The van der Waals surface area contributed by atoms with Crippen LogP contribution in [0.4, 0.5) is 5.69 Å². The van der Waals surface area contributed by atoms with Gasteiger partial charge in [0.1, 0.15) is 5.69 Å². The third-order valence-electron chi connectivity index (χ3n) is 2.54. The largest absolute Gasteiger partial charge is 0.364 e. The van der Waals surface area contributed by atoms with Gasteiger partial charge in [-0.25, -0.2) is 4.98 Å². The molecule has 7 heteroatoms. The van der Waals surface area contributed by atoms with Gasteiger partial charge in [0.25, 0.3) is 11.8 Å². The first-order valence-electron chi connectivity index (χ1n) is 5.24. The zero-order chi connectivity index (χ0) is 13.3. The molecule has 0 radical (unpaired) electrons. The van der Waals surface area contributed by atoms with Gasteiger partial charge in [0.2, 0.25) is 0 Å². The fourth-order valence-corrected chi connectivity index (χ4v) is 1.65. The van der Waals surface area contributed by atoms with Gasteiger partial charge in [-0.05, 0) is 6.07 Å². The highest BCUT2D eigenvalue weighted by Crippen LogP contribution is 2.13. The smallest absolute Gasteiger partial charge is 0.291 e. The molecule has 2 aromatic heterocycles. The lowest BCUT2D eigenvalue weighted by Gasteiger charge is -2.01. The predicted octanol–water partition coefficient (Wildman–Crippen LogP) is 0.110. The van der Waals surface area contributed by atoms with Gasteiger partial charge in [-0.3, -0.25) is 9.59 Å². The van der Waals surface area contributed by atoms with E-state index < -0.39 is 5.91 Å². The number of aromatic nitrogens is 3. The average molecular weight is 247 g/mol. The standard InChI is InChI=1S/C11H13N5O2/c1-15-4-3-13-10(15)11(18)14-7-5-8(9(12)17)16(2)6-7/h3-6H,1-2H3,(H2,12,17)(H,14,18). The number of imidazole rings is 1. The maximum Gasteiger partial charge on any atom is 0.291 e. The first-order chi connectivity index (χ1) is 8.49. The van der Waals surface area contributed by atoms with E-state index in [2.05, 4.69) is 10.3 Å². The Hall–Kier alpha value is -2.57. The van der Waals surface area contributed by atoms with Crippen LogP contribution in [0, 0.1) is 0 Å². The Kier molecular flexibility index (Phi) is 2.88. The molecule has 0 saturated carbocycles. The quantitative estimate of drug-likeness (QED) is 0.805. The number of primary amides is 1. The minimum atomic E-state index is -0.546. The molecule has 2 rings (SSSR count). The van der Waals surface area contributed by atoms with Crippen molar-refractivity contribution in [1.29, 1.82) is 0 Å². The number of aryl methyl sites for hydroxylation is 2. The van der Waals surface area contributed by atoms with Gasteiger partial charge in [-0.1, -0.05) is 0 Å². The molecule has 3 N–H and O–H groups in total. The summed E-state index contributed by atoms with van der Waals surface area (Å²) in [6, 6.07) is 1.52. The summed E-state index contributed by atoms with van der Waals surface area (Å²) in [6.45, 7) is 0. The number of anilines is 1. The van der Waals surface area contributed by atoms with Crippen molar-refractivity contribution in [2.24, 2.45) is 19.8 Å². The summed E-state index contributed by atoms with van der Waals surface area (Å²) in [6.07, 6.45) is 4.82. The lowest BCUT2D eigenvalue weighted by atomic mass is 10.4. The van der Waals surface area contributed by atoms with E-state index in [1.54, 1.807) is 35.6 Å². The van der Waals surface area contributed by atoms with Crippen LogP contribution in [0.3, 0.4) is 0 Å². The summed E-state index contributed by atoms with van der Waals surface area (Å²) < 4.78 is 3.16. The topological polar surface area (TPSA) is 94.9 Å². The number of nitrogens with one attached hydrogen (secondary N) is 1. The van der Waals surface area contributed by atoms with Crippen molar-refractivity contribution in [2.45, 2.75) is 0 Å². The highest BCUT2D eigenvalue weighted by atomic mass is 16.2. The Morgan fingerprint density at radius 3 is 2.56 bits per heavy atom. The number of rotatable bonds is 3. The van der Waals surface area contributed by atoms with Crippen LogP contribution in [0.25, 0.3) is 0 Å². The summed E-state index contributed by atoms with van der Waals surface area (Å²) in [5.41, 5.74) is 6.01. The van der Waals surface area contributed by atoms with E-state index in [1.165, 1.54) is 12.3 Å². The maximum atomic E-state index is 11.9. The van der Waals surface area contributed by atoms with Crippen molar-refractivity contribution >= 4 is 17.5 Å². The maximum absolute atomic E-state index is 11.9. The molecule has 0 aliphatic heterocycles. The summed E-state index contributed by atoms with van der Waals surface area (Å²) in [7, 11) is 3.40. The van der Waals surface area contributed by atoms with Gasteiger partial charge >= 0.3 is 0 Å². The Balaban J connectivity index is 2.20. The van der Waals surface area contributed by atoms with Crippen LogP contribution >= 0.6 is 0 Å². The van der Waals surface area contributed by atoms with E-state index >= 15 is 0 Å². The molecule has 0 aromatic carbocycles. The highest BCUT2D eigenvalue weighted by molar-refractivity contribution is 6.02. The minimum absolute atomic E-state index is 0.291. The average Bonchev–Trinajstić information content (AvgIpc) is 2.84. The molecule has 0 aliphatic rings. The predicted molar refractivity (Wildman–Crippen MR) is 65.1 cm³/mol. The third kappa shape index (κ3) is 2.10. The number of hydrogen-bond donors (Lipinski definition) is 2. The molecule has 0 aliphatic carbocycles. The Bertz CT molecular complexity index is 611. The molecule has 0 fully saturated rings. The lowest BCUT2D eigenvalue weighted by Crippen LogP contribution is -2.16. The molecular formula is C11H13N5O2. The number of hydrogen-bond acceptors (Lipinski definition) is 3. The molecule has 0 unspecified atom stereocenters. The summed E-state index contributed by atoms with van der Waals surface area (Å²) in [5.74, 6) is -0.599. The summed E-state index contributed by atoms with van der Waals surface area (Å²) in [5, 5.41) is 2.65. The van der Waals surface area contributed by atoms with Crippen LogP contribution in [-0.2, 0) is 14.1 Å². The molecule has 0 bridgehead atoms. The van der Waals surface area contributed by atoms with Gasteiger partial charge in [-0.2, -0.15) is 0 Å². The molecule has 2 heterocycles. The van der Waals surface area contributed by atoms with Gasteiger partial charge < -0.3 is 20.2 Å². The summed E-state index contributed by atoms with van der Waals surface area (Å²) >= 11 is 0. The van der Waals surface area contributed by atoms with E-state index in [0.717, 1.165) is 0 Å². The van der Waals surface area contributed by atoms with Gasteiger partial charge in [-0.15, -0.1) is 0 Å². The Morgan fingerprint density at radius 2 is 2.06 bits per heavy atom. The molecule has 7 nitrogen and oxygen atoms in total. The van der Waals surface area contributed by atoms with Gasteiger partial charge in [0.05, 0.1) is 5.69 Å². The van der Waals surface area contributed by atoms with Crippen LogP contribution in [0.1, 0.15) is 21.1 Å². The van der Waals surface area contributed by atoms with Crippen molar-refractivity contribution in [2.75, 3.05) is 5.32 Å². The Morgan fingerprint density at radius 1 is 1.33 bits per heavy atom. The van der Waals surface area contributed by atoms with Crippen LogP contribution in [0.15, 0.2) is 24.7 Å². The first kappa shape index (κ1) is 11.9. The second-order valence-electron chi connectivity index (χ2n) is 3.91. The fourth-order valence-electron chi connectivity index (χ4n) is 1.65. The lowest BCUT2D eigenvalue weighted by molar-refractivity contribution is 0.0988. The zero-order valence-electron chi connectivity index (χ0n) is 10.0. The van der Waals surface area contributed by atoms with Crippen molar-refractivity contribution in [3.63, 3.8) is 0 Å². The number of carbonyl (C=O) groups excluding carboxylic acids is 2. The van der Waals surface area contributed by atoms with E-state index in [-0.39, 0.29) is 5.91 Å². The van der Waals surface area contributed by atoms with E-state index in [4.69, 9.17) is 5.73 Å². The van der Waals surface area contributed by atoms with E-state index in [1.807, 2.05) is 0 Å². The molecule has 0 saturated heterocycles. The minimum Gasteiger partial charge on any atom is -0.364 e. The monoisotopic (exact) mass is 247 g/mol. The third-order valence-corrected chi connectivity index (χ3v) is 2.54. The number of nitrogens with zero attached hydrogens (tertiary/aromatic N) is 3. The SMILES string of the molecule is Cn1cc(NC(=O)c2nccn2C)cc1C(N)=O. The van der Waals surface area contributed by atoms with Crippen molar-refractivity contribution < 1.29 is 9.59 Å². The fraction of sp³-hybridized carbons (Fsp3) is 0.182. The van der Waals surface area contributed by atoms with Crippen molar-refractivity contribution in [3.8, 4) is 0 Å². The van der Waals surface area contributed by atoms with Crippen LogP contribution in [0.2, 0.25) is 0 Å². The highest BCUT2D eigenvalue weighted by Gasteiger charge is 2.14. The number of amides is 2.